The van der Waals surface area contributed by atoms with E-state index < -0.39 is 0 Å². The topological polar surface area (TPSA) is 29.3 Å². The van der Waals surface area contributed by atoms with Gasteiger partial charge in [0.25, 0.3) is 0 Å². The van der Waals surface area contributed by atoms with Crippen LogP contribution < -0.4 is 5.73 Å². The fourth-order valence-corrected chi connectivity index (χ4v) is 3.41. The number of fused-ring (bicyclic) bond motifs is 1. The molecule has 1 aromatic carbocycles. The fraction of sp³-hybridized carbons (Fsp3) is 0.571. The molecule has 0 bridgehead atoms. The number of anilines is 1. The lowest BCUT2D eigenvalue weighted by Crippen LogP contribution is -2.36. The van der Waals surface area contributed by atoms with Crippen molar-refractivity contribution in [2.45, 2.75) is 44.2 Å². The molecule has 0 amide bonds. The van der Waals surface area contributed by atoms with E-state index in [0.717, 1.165) is 11.7 Å². The van der Waals surface area contributed by atoms with Gasteiger partial charge in [-0.05, 0) is 43.9 Å². The number of nitrogen functional groups attached to an aromatic ring is 1. The van der Waals surface area contributed by atoms with Gasteiger partial charge >= 0.3 is 0 Å². The van der Waals surface area contributed by atoms with Crippen molar-refractivity contribution in [1.82, 2.24) is 4.90 Å². The third-order valence-electron chi connectivity index (χ3n) is 4.20. The van der Waals surface area contributed by atoms with Crippen molar-refractivity contribution in [3.63, 3.8) is 0 Å². The maximum absolute atomic E-state index is 6.10. The zero-order valence-electron chi connectivity index (χ0n) is 10.1. The Morgan fingerprint density at radius 3 is 2.71 bits per heavy atom. The highest BCUT2D eigenvalue weighted by Crippen LogP contribution is 2.41. The normalized spacial score (nSPS) is 28.5. The Labute approximate surface area is 110 Å². The lowest BCUT2D eigenvalue weighted by atomic mass is 10.0. The molecular formula is C14H21ClN2. The minimum Gasteiger partial charge on any atom is -0.398 e. The van der Waals surface area contributed by atoms with Gasteiger partial charge in [0.2, 0.25) is 0 Å². The van der Waals surface area contributed by atoms with Crippen molar-refractivity contribution in [2.75, 3.05) is 12.3 Å². The minimum absolute atomic E-state index is 0. The molecule has 0 aromatic heterocycles. The number of halogens is 1. The Morgan fingerprint density at radius 2 is 1.88 bits per heavy atom. The molecule has 2 saturated heterocycles. The molecule has 2 heterocycles. The first-order valence-corrected chi connectivity index (χ1v) is 6.46. The lowest BCUT2D eigenvalue weighted by molar-refractivity contribution is 0.150. The Kier molecular flexibility index (Phi) is 3.95. The Balaban J connectivity index is 0.00000108. The van der Waals surface area contributed by atoms with Crippen molar-refractivity contribution in [1.29, 1.82) is 0 Å². The zero-order valence-corrected chi connectivity index (χ0v) is 11.0. The van der Waals surface area contributed by atoms with Crippen LogP contribution in [-0.4, -0.2) is 17.5 Å². The highest BCUT2D eigenvalue weighted by atomic mass is 35.5. The number of nitrogens with two attached hydrogens (primary N) is 1. The fourth-order valence-electron chi connectivity index (χ4n) is 3.41. The van der Waals surface area contributed by atoms with E-state index in [2.05, 4.69) is 17.0 Å². The van der Waals surface area contributed by atoms with Crippen LogP contribution in [0.25, 0.3) is 0 Å². The van der Waals surface area contributed by atoms with Gasteiger partial charge < -0.3 is 5.73 Å². The van der Waals surface area contributed by atoms with Gasteiger partial charge in [0.05, 0.1) is 0 Å². The molecule has 1 aromatic rings. The van der Waals surface area contributed by atoms with E-state index in [1.165, 1.54) is 44.2 Å². The summed E-state index contributed by atoms with van der Waals surface area (Å²) in [6.45, 7) is 1.27. The number of piperidine rings is 1. The molecule has 2 N–H and O–H groups in total. The van der Waals surface area contributed by atoms with Crippen LogP contribution in [0.4, 0.5) is 5.69 Å². The maximum atomic E-state index is 6.10. The molecule has 2 atom stereocenters. The molecule has 3 heteroatoms. The molecule has 0 radical (unpaired) electrons. The second-order valence-corrected chi connectivity index (χ2v) is 5.11. The first kappa shape index (κ1) is 12.7. The van der Waals surface area contributed by atoms with Crippen molar-refractivity contribution in [3.8, 4) is 0 Å². The monoisotopic (exact) mass is 252 g/mol. The lowest BCUT2D eigenvalue weighted by Gasteiger charge is -2.34. The molecule has 0 saturated carbocycles. The maximum Gasteiger partial charge on any atom is 0.0371 e. The van der Waals surface area contributed by atoms with Gasteiger partial charge in [-0.25, -0.2) is 0 Å². The standard InChI is InChI=1S/C14H20N2.ClH/c15-13-7-2-1-6-12(13)14-9-8-11-5-3-4-10-16(11)14;/h1-2,6-7,11,14H,3-5,8-10,15H2;1H/t11-,14-;/m1./s1. The first-order valence-electron chi connectivity index (χ1n) is 6.46. The van der Waals surface area contributed by atoms with Crippen molar-refractivity contribution in [3.05, 3.63) is 29.8 Å². The van der Waals surface area contributed by atoms with Gasteiger partial charge in [-0.1, -0.05) is 24.6 Å². The smallest absolute Gasteiger partial charge is 0.0371 e. The predicted molar refractivity (Wildman–Crippen MR) is 74.4 cm³/mol. The summed E-state index contributed by atoms with van der Waals surface area (Å²) in [5.74, 6) is 0. The van der Waals surface area contributed by atoms with E-state index in [9.17, 15) is 0 Å². The molecular weight excluding hydrogens is 232 g/mol. The number of para-hydroxylation sites is 1. The van der Waals surface area contributed by atoms with E-state index in [1.807, 2.05) is 12.1 Å². The Bertz CT molecular complexity index is 380. The molecule has 2 nitrogen and oxygen atoms in total. The molecule has 94 valence electrons. The summed E-state index contributed by atoms with van der Waals surface area (Å²) in [5, 5.41) is 0. The summed E-state index contributed by atoms with van der Waals surface area (Å²) >= 11 is 0. The van der Waals surface area contributed by atoms with E-state index in [0.29, 0.717) is 6.04 Å². The summed E-state index contributed by atoms with van der Waals surface area (Å²) in [6.07, 6.45) is 6.82. The summed E-state index contributed by atoms with van der Waals surface area (Å²) < 4.78 is 0. The van der Waals surface area contributed by atoms with Gasteiger partial charge in [-0.3, -0.25) is 4.90 Å². The molecule has 2 aliphatic heterocycles. The zero-order chi connectivity index (χ0) is 11.0. The average molecular weight is 253 g/mol. The number of hydrogen-bond donors (Lipinski definition) is 1. The second-order valence-electron chi connectivity index (χ2n) is 5.11. The first-order chi connectivity index (χ1) is 7.86. The second kappa shape index (κ2) is 5.28. The van der Waals surface area contributed by atoms with Crippen LogP contribution >= 0.6 is 12.4 Å². The molecule has 2 fully saturated rings. The van der Waals surface area contributed by atoms with Crippen molar-refractivity contribution < 1.29 is 0 Å². The van der Waals surface area contributed by atoms with Crippen LogP contribution in [0.1, 0.15) is 43.7 Å². The van der Waals surface area contributed by atoms with E-state index in [1.54, 1.807) is 0 Å². The Hall–Kier alpha value is -0.730. The van der Waals surface area contributed by atoms with Crippen LogP contribution in [0.15, 0.2) is 24.3 Å². The number of hydrogen-bond acceptors (Lipinski definition) is 2. The molecule has 2 aliphatic rings. The van der Waals surface area contributed by atoms with Gasteiger partial charge in [0.1, 0.15) is 0 Å². The molecule has 0 spiro atoms. The third kappa shape index (κ3) is 2.29. The average Bonchev–Trinajstić information content (AvgIpc) is 2.74. The molecule has 3 rings (SSSR count). The largest absolute Gasteiger partial charge is 0.398 e. The van der Waals surface area contributed by atoms with Crippen molar-refractivity contribution in [2.24, 2.45) is 0 Å². The predicted octanol–water partition coefficient (Wildman–Crippen LogP) is 3.38. The van der Waals surface area contributed by atoms with Crippen LogP contribution in [0.3, 0.4) is 0 Å². The molecule has 0 unspecified atom stereocenters. The van der Waals surface area contributed by atoms with E-state index in [4.69, 9.17) is 5.73 Å². The summed E-state index contributed by atoms with van der Waals surface area (Å²) in [5.41, 5.74) is 8.42. The van der Waals surface area contributed by atoms with Gasteiger partial charge in [-0.15, -0.1) is 12.4 Å². The van der Waals surface area contributed by atoms with Crippen LogP contribution in [0.2, 0.25) is 0 Å². The number of benzene rings is 1. The molecule has 0 aliphatic carbocycles. The number of nitrogens with zero attached hydrogens (tertiary/aromatic N) is 1. The highest BCUT2D eigenvalue weighted by molar-refractivity contribution is 5.85. The van der Waals surface area contributed by atoms with Gasteiger partial charge in [-0.2, -0.15) is 0 Å². The third-order valence-corrected chi connectivity index (χ3v) is 4.20. The quantitative estimate of drug-likeness (QED) is 0.777. The van der Waals surface area contributed by atoms with E-state index >= 15 is 0 Å². The number of rotatable bonds is 1. The summed E-state index contributed by atoms with van der Waals surface area (Å²) in [4.78, 5) is 2.69. The van der Waals surface area contributed by atoms with Gasteiger partial charge in [0.15, 0.2) is 0 Å². The van der Waals surface area contributed by atoms with Gasteiger partial charge in [0, 0.05) is 17.8 Å². The van der Waals surface area contributed by atoms with Crippen LogP contribution in [0.5, 0.6) is 0 Å². The van der Waals surface area contributed by atoms with E-state index in [-0.39, 0.29) is 12.4 Å². The molecule has 17 heavy (non-hydrogen) atoms. The summed E-state index contributed by atoms with van der Waals surface area (Å²) in [6, 6.07) is 9.80. The van der Waals surface area contributed by atoms with Crippen LogP contribution in [-0.2, 0) is 0 Å². The van der Waals surface area contributed by atoms with Crippen molar-refractivity contribution >= 4 is 18.1 Å². The highest BCUT2D eigenvalue weighted by Gasteiger charge is 2.35. The summed E-state index contributed by atoms with van der Waals surface area (Å²) in [7, 11) is 0. The Morgan fingerprint density at radius 1 is 1.06 bits per heavy atom. The minimum atomic E-state index is 0. The van der Waals surface area contributed by atoms with Crippen LogP contribution in [0, 0.1) is 0 Å². The SMILES string of the molecule is Cl.Nc1ccccc1[C@H]1CC[C@H]2CCCCN21.